The summed E-state index contributed by atoms with van der Waals surface area (Å²) in [5.41, 5.74) is 10.3. The molecule has 0 amide bonds. The Hall–Kier alpha value is -3.68. The Labute approximate surface area is 161 Å². The molecule has 0 aliphatic heterocycles. The van der Waals surface area contributed by atoms with Crippen molar-refractivity contribution in [3.8, 4) is 22.6 Å². The molecule has 0 aliphatic carbocycles. The number of benzene rings is 1. The Kier molecular flexibility index (Phi) is 4.76. The van der Waals surface area contributed by atoms with Crippen LogP contribution in [0.2, 0.25) is 0 Å². The highest BCUT2D eigenvalue weighted by molar-refractivity contribution is 5.66. The first-order chi connectivity index (χ1) is 13.6. The van der Waals surface area contributed by atoms with Gasteiger partial charge < -0.3 is 5.73 Å². The molecule has 28 heavy (non-hydrogen) atoms. The molecule has 0 saturated carbocycles. The highest BCUT2D eigenvalue weighted by Crippen LogP contribution is 2.23. The van der Waals surface area contributed by atoms with Crippen molar-refractivity contribution in [2.45, 2.75) is 19.9 Å². The Morgan fingerprint density at radius 3 is 2.46 bits per heavy atom. The van der Waals surface area contributed by atoms with Crippen molar-refractivity contribution in [3.63, 3.8) is 0 Å². The van der Waals surface area contributed by atoms with Gasteiger partial charge in [-0.3, -0.25) is 4.98 Å². The summed E-state index contributed by atoms with van der Waals surface area (Å²) in [4.78, 5) is 13.1. The van der Waals surface area contributed by atoms with Crippen LogP contribution in [-0.2, 0) is 13.0 Å². The normalized spacial score (nSPS) is 10.9. The molecule has 4 rings (SSSR count). The Morgan fingerprint density at radius 1 is 0.929 bits per heavy atom. The lowest BCUT2D eigenvalue weighted by molar-refractivity contribution is 0.628. The zero-order valence-electron chi connectivity index (χ0n) is 15.2. The van der Waals surface area contributed by atoms with Crippen molar-refractivity contribution in [1.82, 2.24) is 29.9 Å². The van der Waals surface area contributed by atoms with Crippen molar-refractivity contribution < 1.29 is 4.39 Å². The molecule has 0 radical (unpaired) electrons. The number of nitrogens with two attached hydrogens (primary N) is 1. The number of hydrogen-bond donors (Lipinski definition) is 1. The molecule has 0 saturated heterocycles. The SMILES string of the molecule is CCc1cccc(Cn2cc(-c3cc(-c4ccc(F)cc4)nc(N)n3)nn2)n1. The number of anilines is 1. The highest BCUT2D eigenvalue weighted by atomic mass is 19.1. The summed E-state index contributed by atoms with van der Waals surface area (Å²) in [5, 5.41) is 8.36. The number of aromatic nitrogens is 6. The van der Waals surface area contributed by atoms with Crippen molar-refractivity contribution in [1.29, 1.82) is 0 Å². The van der Waals surface area contributed by atoms with Crippen LogP contribution < -0.4 is 5.73 Å². The van der Waals surface area contributed by atoms with E-state index in [1.54, 1.807) is 29.1 Å². The van der Waals surface area contributed by atoms with E-state index in [9.17, 15) is 4.39 Å². The second-order valence-corrected chi connectivity index (χ2v) is 6.28. The summed E-state index contributed by atoms with van der Waals surface area (Å²) in [6.45, 7) is 2.57. The topological polar surface area (TPSA) is 95.4 Å². The van der Waals surface area contributed by atoms with E-state index in [4.69, 9.17) is 5.73 Å². The average Bonchev–Trinajstić information content (AvgIpc) is 3.17. The first-order valence-electron chi connectivity index (χ1n) is 8.86. The fourth-order valence-electron chi connectivity index (χ4n) is 2.84. The van der Waals surface area contributed by atoms with E-state index in [1.807, 2.05) is 18.2 Å². The van der Waals surface area contributed by atoms with Crippen LogP contribution in [0.4, 0.5) is 10.3 Å². The van der Waals surface area contributed by atoms with E-state index in [1.165, 1.54) is 12.1 Å². The monoisotopic (exact) mass is 375 g/mol. The second kappa shape index (κ2) is 7.51. The van der Waals surface area contributed by atoms with Crippen LogP contribution in [0, 0.1) is 5.82 Å². The number of aryl methyl sites for hydroxylation is 1. The van der Waals surface area contributed by atoms with Crippen LogP contribution >= 0.6 is 0 Å². The lowest BCUT2D eigenvalue weighted by atomic mass is 10.1. The molecule has 0 atom stereocenters. The summed E-state index contributed by atoms with van der Waals surface area (Å²) in [7, 11) is 0. The third-order valence-corrected chi connectivity index (χ3v) is 4.24. The zero-order valence-corrected chi connectivity index (χ0v) is 15.2. The molecule has 3 aromatic heterocycles. The maximum atomic E-state index is 13.2. The molecule has 4 aromatic rings. The second-order valence-electron chi connectivity index (χ2n) is 6.28. The fourth-order valence-corrected chi connectivity index (χ4v) is 2.84. The molecule has 0 bridgehead atoms. The molecule has 3 heterocycles. The van der Waals surface area contributed by atoms with Crippen molar-refractivity contribution in [2.75, 3.05) is 5.73 Å². The quantitative estimate of drug-likeness (QED) is 0.576. The van der Waals surface area contributed by atoms with E-state index < -0.39 is 0 Å². The molecule has 2 N–H and O–H groups in total. The predicted molar refractivity (Wildman–Crippen MR) is 104 cm³/mol. The molecule has 0 spiro atoms. The number of pyridine rings is 1. The number of hydrogen-bond acceptors (Lipinski definition) is 6. The number of nitrogen functional groups attached to an aromatic ring is 1. The van der Waals surface area contributed by atoms with Gasteiger partial charge in [0.25, 0.3) is 0 Å². The maximum absolute atomic E-state index is 13.2. The van der Waals surface area contributed by atoms with Gasteiger partial charge in [0.2, 0.25) is 5.95 Å². The van der Waals surface area contributed by atoms with E-state index in [2.05, 4.69) is 32.2 Å². The minimum absolute atomic E-state index is 0.115. The fraction of sp³-hybridized carbons (Fsp3) is 0.150. The van der Waals surface area contributed by atoms with Gasteiger partial charge >= 0.3 is 0 Å². The number of nitrogens with zero attached hydrogens (tertiary/aromatic N) is 6. The molecule has 0 fully saturated rings. The van der Waals surface area contributed by atoms with Gasteiger partial charge in [-0.2, -0.15) is 0 Å². The van der Waals surface area contributed by atoms with Crippen molar-refractivity contribution >= 4 is 5.95 Å². The lowest BCUT2D eigenvalue weighted by Gasteiger charge is -2.04. The third kappa shape index (κ3) is 3.85. The minimum Gasteiger partial charge on any atom is -0.368 e. The predicted octanol–water partition coefficient (Wildman–Crippen LogP) is 3.13. The molecule has 1 aromatic carbocycles. The third-order valence-electron chi connectivity index (χ3n) is 4.24. The summed E-state index contributed by atoms with van der Waals surface area (Å²) >= 11 is 0. The van der Waals surface area contributed by atoms with Crippen molar-refractivity contribution in [2.24, 2.45) is 0 Å². The van der Waals surface area contributed by atoms with Crippen LogP contribution in [0.5, 0.6) is 0 Å². The smallest absolute Gasteiger partial charge is 0.221 e. The molecule has 140 valence electrons. The number of rotatable bonds is 5. The summed E-state index contributed by atoms with van der Waals surface area (Å²) in [6.07, 6.45) is 2.67. The lowest BCUT2D eigenvalue weighted by Crippen LogP contribution is -2.03. The zero-order chi connectivity index (χ0) is 19.5. The molecular formula is C20H18FN7. The van der Waals surface area contributed by atoms with Crippen LogP contribution in [0.25, 0.3) is 22.6 Å². The summed E-state index contributed by atoms with van der Waals surface area (Å²) in [5.74, 6) is -0.196. The molecule has 7 nitrogen and oxygen atoms in total. The van der Waals surface area contributed by atoms with E-state index in [-0.39, 0.29) is 11.8 Å². The van der Waals surface area contributed by atoms with Gasteiger partial charge in [0, 0.05) is 11.3 Å². The van der Waals surface area contributed by atoms with Crippen LogP contribution in [0.15, 0.2) is 54.7 Å². The summed E-state index contributed by atoms with van der Waals surface area (Å²) < 4.78 is 14.9. The van der Waals surface area contributed by atoms with Gasteiger partial charge in [0.15, 0.2) is 0 Å². The standard InChI is InChI=1S/C20H18FN7/c1-2-15-4-3-5-16(23-15)11-28-12-19(26-27-28)18-10-17(24-20(22)25-18)13-6-8-14(21)9-7-13/h3-10,12H,2,11H2,1H3,(H2,22,24,25). The van der Waals surface area contributed by atoms with Crippen LogP contribution in [0.3, 0.4) is 0 Å². The Morgan fingerprint density at radius 2 is 1.68 bits per heavy atom. The number of halogens is 1. The molecular weight excluding hydrogens is 357 g/mol. The minimum atomic E-state index is -0.310. The summed E-state index contributed by atoms with van der Waals surface area (Å²) in [6, 6.07) is 13.7. The van der Waals surface area contributed by atoms with E-state index >= 15 is 0 Å². The Bertz CT molecular complexity index is 1110. The van der Waals surface area contributed by atoms with Gasteiger partial charge in [-0.25, -0.2) is 19.0 Å². The first-order valence-corrected chi connectivity index (χ1v) is 8.86. The van der Waals surface area contributed by atoms with E-state index in [0.717, 1.165) is 23.4 Å². The Balaban J connectivity index is 1.62. The molecule has 0 aliphatic rings. The van der Waals surface area contributed by atoms with Gasteiger partial charge in [-0.1, -0.05) is 18.2 Å². The van der Waals surface area contributed by atoms with Crippen LogP contribution in [-0.4, -0.2) is 29.9 Å². The van der Waals surface area contributed by atoms with Gasteiger partial charge in [-0.05, 0) is 48.9 Å². The average molecular weight is 375 g/mol. The maximum Gasteiger partial charge on any atom is 0.221 e. The first kappa shape index (κ1) is 17.7. The van der Waals surface area contributed by atoms with Crippen LogP contribution in [0.1, 0.15) is 18.3 Å². The van der Waals surface area contributed by atoms with Crippen molar-refractivity contribution in [3.05, 3.63) is 71.9 Å². The molecule has 8 heteroatoms. The highest BCUT2D eigenvalue weighted by Gasteiger charge is 2.11. The molecule has 0 unspecified atom stereocenters. The van der Waals surface area contributed by atoms with Gasteiger partial charge in [0.05, 0.1) is 29.8 Å². The van der Waals surface area contributed by atoms with Gasteiger partial charge in [-0.15, -0.1) is 5.10 Å². The van der Waals surface area contributed by atoms with E-state index in [0.29, 0.717) is 23.6 Å². The van der Waals surface area contributed by atoms with Gasteiger partial charge in [0.1, 0.15) is 11.5 Å². The largest absolute Gasteiger partial charge is 0.368 e.